The normalized spacial score (nSPS) is 29.2. The number of fused-ring (bicyclic) bond motifs is 1. The van der Waals surface area contributed by atoms with E-state index in [0.29, 0.717) is 24.9 Å². The topological polar surface area (TPSA) is 96.4 Å². The first kappa shape index (κ1) is 31.7. The van der Waals surface area contributed by atoms with Crippen molar-refractivity contribution in [1.82, 2.24) is 9.80 Å². The predicted octanol–water partition coefficient (Wildman–Crippen LogP) is 4.85. The Morgan fingerprint density at radius 3 is 2.43 bits per heavy atom. The molecule has 0 saturated carbocycles. The molecule has 234 valence electrons. The number of amides is 2. The fourth-order valence-electron chi connectivity index (χ4n) is 7.70. The van der Waals surface area contributed by atoms with Crippen molar-refractivity contribution in [2.75, 3.05) is 19.8 Å². The van der Waals surface area contributed by atoms with Gasteiger partial charge in [0.05, 0.1) is 30.8 Å². The van der Waals surface area contributed by atoms with Gasteiger partial charge in [-0.15, -0.1) is 13.2 Å². The van der Waals surface area contributed by atoms with E-state index in [9.17, 15) is 19.5 Å². The molecule has 5 rings (SSSR count). The van der Waals surface area contributed by atoms with Crippen molar-refractivity contribution < 1.29 is 29.0 Å². The van der Waals surface area contributed by atoms with Crippen LogP contribution in [0, 0.1) is 17.8 Å². The second-order valence-corrected chi connectivity index (χ2v) is 12.5. The molecular formula is C36H44N2O6. The van der Waals surface area contributed by atoms with Gasteiger partial charge in [0.15, 0.2) is 0 Å². The summed E-state index contributed by atoms with van der Waals surface area (Å²) in [6, 6.07) is 17.0. The fraction of sp³-hybridized carbons (Fsp3) is 0.472. The van der Waals surface area contributed by atoms with E-state index in [1.54, 1.807) is 11.0 Å². The molecule has 3 unspecified atom stereocenters. The van der Waals surface area contributed by atoms with E-state index in [1.165, 1.54) is 4.90 Å². The molecule has 44 heavy (non-hydrogen) atoms. The monoisotopic (exact) mass is 600 g/mol. The average Bonchev–Trinajstić information content (AvgIpc) is 3.54. The Morgan fingerprint density at radius 1 is 1.11 bits per heavy atom. The molecule has 7 atom stereocenters. The molecule has 2 amide bonds. The van der Waals surface area contributed by atoms with Crippen molar-refractivity contribution in [2.45, 2.75) is 69.4 Å². The van der Waals surface area contributed by atoms with Crippen molar-refractivity contribution in [3.63, 3.8) is 0 Å². The quantitative estimate of drug-likeness (QED) is 0.189. The molecule has 0 radical (unpaired) electrons. The van der Waals surface area contributed by atoms with Gasteiger partial charge < -0.3 is 24.4 Å². The van der Waals surface area contributed by atoms with Gasteiger partial charge >= 0.3 is 5.97 Å². The zero-order valence-corrected chi connectivity index (χ0v) is 25.8. The van der Waals surface area contributed by atoms with Crippen LogP contribution in [0.4, 0.5) is 0 Å². The Balaban J connectivity index is 1.57. The number of hydrogen-bond donors (Lipinski definition) is 1. The van der Waals surface area contributed by atoms with Gasteiger partial charge in [-0.3, -0.25) is 14.4 Å². The third-order valence-corrected chi connectivity index (χ3v) is 9.86. The average molecular weight is 601 g/mol. The highest BCUT2D eigenvalue weighted by atomic mass is 16.6. The van der Waals surface area contributed by atoms with Crippen molar-refractivity contribution in [3.05, 3.63) is 97.1 Å². The summed E-state index contributed by atoms with van der Waals surface area (Å²) in [7, 11) is 0. The molecule has 2 aromatic carbocycles. The molecule has 3 heterocycles. The largest absolute Gasteiger partial charge is 0.465 e. The first-order valence-electron chi connectivity index (χ1n) is 15.6. The van der Waals surface area contributed by atoms with Gasteiger partial charge in [-0.05, 0) is 49.7 Å². The minimum absolute atomic E-state index is 0.119. The number of carbonyl (C=O) groups is 3. The summed E-state index contributed by atoms with van der Waals surface area (Å²) >= 11 is 0. The molecule has 3 aliphatic rings. The Hall–Kier alpha value is -3.75. The zero-order chi connectivity index (χ0) is 31.5. The minimum atomic E-state index is -1.26. The van der Waals surface area contributed by atoms with Crippen LogP contribution in [0.3, 0.4) is 0 Å². The Labute approximate surface area is 260 Å². The third-order valence-electron chi connectivity index (χ3n) is 9.86. The highest BCUT2D eigenvalue weighted by Crippen LogP contribution is 2.66. The number of carbonyl (C=O) groups excluding carboxylic acids is 3. The van der Waals surface area contributed by atoms with Crippen LogP contribution >= 0.6 is 0 Å². The number of aliphatic hydroxyl groups is 1. The smallest absolute Gasteiger partial charge is 0.312 e. The summed E-state index contributed by atoms with van der Waals surface area (Å²) < 4.78 is 12.7. The maximum atomic E-state index is 14.8. The van der Waals surface area contributed by atoms with E-state index in [2.05, 4.69) is 13.2 Å². The van der Waals surface area contributed by atoms with Gasteiger partial charge in [0, 0.05) is 13.1 Å². The molecule has 1 spiro atoms. The first-order chi connectivity index (χ1) is 21.2. The molecule has 8 heteroatoms. The molecule has 0 aliphatic carbocycles. The van der Waals surface area contributed by atoms with E-state index in [1.807, 2.05) is 80.6 Å². The lowest BCUT2D eigenvalue weighted by atomic mass is 9.62. The highest BCUT2D eigenvalue weighted by molar-refractivity contribution is 5.99. The number of benzene rings is 2. The molecule has 2 aromatic rings. The van der Waals surface area contributed by atoms with E-state index in [-0.39, 0.29) is 30.9 Å². The van der Waals surface area contributed by atoms with E-state index < -0.39 is 47.7 Å². The second-order valence-electron chi connectivity index (χ2n) is 12.5. The number of esters is 1. The molecule has 8 nitrogen and oxygen atoms in total. The van der Waals surface area contributed by atoms with Gasteiger partial charge in [-0.25, -0.2) is 0 Å². The van der Waals surface area contributed by atoms with Crippen LogP contribution in [0.1, 0.15) is 56.7 Å². The number of aliphatic hydroxyl groups excluding tert-OH is 1. The lowest BCUT2D eigenvalue weighted by Gasteiger charge is -2.39. The number of likely N-dealkylation sites (tertiary alicyclic amines) is 1. The van der Waals surface area contributed by atoms with Crippen LogP contribution in [0.15, 0.2) is 86.0 Å². The van der Waals surface area contributed by atoms with Gasteiger partial charge in [0.2, 0.25) is 11.8 Å². The number of rotatable bonds is 14. The van der Waals surface area contributed by atoms with Crippen LogP contribution in [0.5, 0.6) is 0 Å². The zero-order valence-electron chi connectivity index (χ0n) is 25.8. The Bertz CT molecular complexity index is 1370. The lowest BCUT2D eigenvalue weighted by molar-refractivity contribution is -0.164. The molecule has 3 aliphatic heterocycles. The SMILES string of the molecule is C=CCCCCOC(=O)[C@H]1[C@H]2C(=O)N([C@H](CO)c3ccccc3)C(C(=O)N(CC=C)Cc3ccccc3)C23CC(C)[C@]1(C)O3. The van der Waals surface area contributed by atoms with Crippen molar-refractivity contribution >= 4 is 17.8 Å². The predicted molar refractivity (Wildman–Crippen MR) is 167 cm³/mol. The number of nitrogens with zero attached hydrogens (tertiary/aromatic N) is 2. The molecule has 2 bridgehead atoms. The summed E-state index contributed by atoms with van der Waals surface area (Å²) in [5.41, 5.74) is -0.601. The van der Waals surface area contributed by atoms with E-state index >= 15 is 0 Å². The van der Waals surface area contributed by atoms with Gasteiger partial charge in [-0.1, -0.05) is 79.7 Å². The number of allylic oxidation sites excluding steroid dienone is 1. The molecule has 0 aromatic heterocycles. The summed E-state index contributed by atoms with van der Waals surface area (Å²) in [6.07, 6.45) is 6.29. The van der Waals surface area contributed by atoms with Crippen molar-refractivity contribution in [3.8, 4) is 0 Å². The summed E-state index contributed by atoms with van der Waals surface area (Å²) in [5, 5.41) is 10.8. The van der Waals surface area contributed by atoms with Gasteiger partial charge in [-0.2, -0.15) is 0 Å². The summed E-state index contributed by atoms with van der Waals surface area (Å²) in [6.45, 7) is 11.9. The number of unbranched alkanes of at least 4 members (excludes halogenated alkanes) is 2. The lowest BCUT2D eigenvalue weighted by Crippen LogP contribution is -2.57. The maximum absolute atomic E-state index is 14.8. The number of ether oxygens (including phenoxy) is 2. The standard InChI is InChI=1S/C36H44N2O6/c1-5-7-8-15-21-43-34(42)30-29-32(40)38(28(24-39)27-18-13-10-14-19-27)31(36(29)22-25(3)35(30,4)44-36)33(41)37(20-6-2)23-26-16-11-9-12-17-26/h5-6,9-14,16-19,25,28-31,39H,1-2,7-8,15,20-24H2,3-4H3/t25?,28-,29+,30-,31?,35+,36?/m1/s1. The Morgan fingerprint density at radius 2 is 1.80 bits per heavy atom. The van der Waals surface area contributed by atoms with E-state index in [4.69, 9.17) is 9.47 Å². The highest BCUT2D eigenvalue weighted by Gasteiger charge is 2.80. The van der Waals surface area contributed by atoms with Crippen LogP contribution in [-0.2, 0) is 30.4 Å². The van der Waals surface area contributed by atoms with Crippen LogP contribution in [0.25, 0.3) is 0 Å². The molecule has 1 N–H and O–H groups in total. The first-order valence-corrected chi connectivity index (χ1v) is 15.6. The Kier molecular flexibility index (Phi) is 9.42. The van der Waals surface area contributed by atoms with Crippen LogP contribution in [-0.4, -0.2) is 69.7 Å². The summed E-state index contributed by atoms with van der Waals surface area (Å²) in [5.74, 6) is -3.05. The van der Waals surface area contributed by atoms with E-state index in [0.717, 1.165) is 18.4 Å². The van der Waals surface area contributed by atoms with Crippen molar-refractivity contribution in [1.29, 1.82) is 0 Å². The third kappa shape index (κ3) is 5.39. The minimum Gasteiger partial charge on any atom is -0.465 e. The fourth-order valence-corrected chi connectivity index (χ4v) is 7.70. The molecular weight excluding hydrogens is 556 g/mol. The van der Waals surface area contributed by atoms with Gasteiger partial charge in [0.1, 0.15) is 17.6 Å². The van der Waals surface area contributed by atoms with Gasteiger partial charge in [0.25, 0.3) is 0 Å². The molecule has 3 fully saturated rings. The van der Waals surface area contributed by atoms with Crippen molar-refractivity contribution in [2.24, 2.45) is 17.8 Å². The second kappa shape index (κ2) is 13.1. The van der Waals surface area contributed by atoms with Crippen LogP contribution in [0.2, 0.25) is 0 Å². The molecule has 3 saturated heterocycles. The van der Waals surface area contributed by atoms with Crippen LogP contribution < -0.4 is 0 Å². The maximum Gasteiger partial charge on any atom is 0.312 e. The summed E-state index contributed by atoms with van der Waals surface area (Å²) in [4.78, 5) is 46.5. The number of hydrogen-bond acceptors (Lipinski definition) is 6.